The lowest BCUT2D eigenvalue weighted by molar-refractivity contribution is 0.0707. The minimum atomic E-state index is 0.885. The zero-order valence-corrected chi connectivity index (χ0v) is 9.71. The Morgan fingerprint density at radius 1 is 1.07 bits per heavy atom. The summed E-state index contributed by atoms with van der Waals surface area (Å²) in [6, 6.07) is 1.77. The summed E-state index contributed by atoms with van der Waals surface area (Å²) in [4.78, 5) is 5.42. The highest BCUT2D eigenvalue weighted by molar-refractivity contribution is 4.95. The molecule has 2 aliphatic heterocycles. The molecular formula is C12H24N2. The van der Waals surface area contributed by atoms with Gasteiger partial charge < -0.3 is 4.90 Å². The van der Waals surface area contributed by atoms with E-state index in [0.717, 1.165) is 12.1 Å². The molecule has 2 rings (SSSR count). The molecule has 0 unspecified atom stereocenters. The number of rotatable bonds is 4. The number of piperazine rings is 1. The lowest BCUT2D eigenvalue weighted by Gasteiger charge is -2.40. The van der Waals surface area contributed by atoms with Crippen molar-refractivity contribution in [1.29, 1.82) is 0 Å². The smallest absolute Gasteiger partial charge is 0.0227 e. The number of likely N-dealkylation sites (N-methyl/N-ethyl adjacent to an activating group) is 1. The van der Waals surface area contributed by atoms with Gasteiger partial charge in [-0.25, -0.2) is 0 Å². The maximum Gasteiger partial charge on any atom is 0.0227 e. The van der Waals surface area contributed by atoms with Gasteiger partial charge in [-0.1, -0.05) is 20.3 Å². The fraction of sp³-hybridized carbons (Fsp3) is 1.00. The molecule has 0 aromatic heterocycles. The first-order valence-electron chi connectivity index (χ1n) is 6.33. The van der Waals surface area contributed by atoms with Crippen molar-refractivity contribution in [3.63, 3.8) is 0 Å². The Morgan fingerprint density at radius 3 is 2.21 bits per heavy atom. The van der Waals surface area contributed by atoms with Gasteiger partial charge in [-0.2, -0.15) is 0 Å². The molecule has 2 heterocycles. The summed E-state index contributed by atoms with van der Waals surface area (Å²) in [5.41, 5.74) is 0. The number of hydrogen-bond acceptors (Lipinski definition) is 2. The summed E-state index contributed by atoms with van der Waals surface area (Å²) in [7, 11) is 0. The Kier molecular flexibility index (Phi) is 3.45. The quantitative estimate of drug-likeness (QED) is 0.678. The molecule has 0 spiro atoms. The summed E-state index contributed by atoms with van der Waals surface area (Å²) in [6.45, 7) is 9.87. The molecule has 0 radical (unpaired) electrons. The van der Waals surface area contributed by atoms with Crippen LogP contribution >= 0.6 is 0 Å². The molecule has 2 nitrogen and oxygen atoms in total. The summed E-state index contributed by atoms with van der Waals surface area (Å²) in [5, 5.41) is 0. The van der Waals surface area contributed by atoms with Crippen molar-refractivity contribution in [2.75, 3.05) is 26.2 Å². The topological polar surface area (TPSA) is 6.48 Å². The van der Waals surface area contributed by atoms with E-state index in [0.29, 0.717) is 0 Å². The highest BCUT2D eigenvalue weighted by Gasteiger charge is 2.38. The molecule has 0 aromatic carbocycles. The molecule has 2 fully saturated rings. The van der Waals surface area contributed by atoms with E-state index in [9.17, 15) is 0 Å². The maximum absolute atomic E-state index is 2.72. The van der Waals surface area contributed by atoms with Crippen LogP contribution in [-0.4, -0.2) is 48.1 Å². The molecule has 2 saturated heterocycles. The van der Waals surface area contributed by atoms with Crippen LogP contribution in [0, 0.1) is 0 Å². The second kappa shape index (κ2) is 4.63. The first kappa shape index (κ1) is 10.4. The van der Waals surface area contributed by atoms with Gasteiger partial charge in [0.1, 0.15) is 0 Å². The van der Waals surface area contributed by atoms with Gasteiger partial charge in [0.05, 0.1) is 0 Å². The van der Waals surface area contributed by atoms with Crippen LogP contribution in [-0.2, 0) is 0 Å². The molecule has 2 atom stereocenters. The van der Waals surface area contributed by atoms with Crippen LogP contribution in [0.15, 0.2) is 0 Å². The van der Waals surface area contributed by atoms with Gasteiger partial charge in [-0.3, -0.25) is 4.90 Å². The minimum Gasteiger partial charge on any atom is -0.300 e. The normalized spacial score (nSPS) is 33.9. The molecular weight excluding hydrogens is 172 g/mol. The number of nitrogens with zero attached hydrogens (tertiary/aromatic N) is 2. The fourth-order valence-electron chi connectivity index (χ4n) is 3.16. The molecule has 2 heteroatoms. The van der Waals surface area contributed by atoms with E-state index >= 15 is 0 Å². The molecule has 0 amide bonds. The van der Waals surface area contributed by atoms with Gasteiger partial charge in [0.25, 0.3) is 0 Å². The van der Waals surface area contributed by atoms with Crippen LogP contribution in [0.1, 0.15) is 39.5 Å². The van der Waals surface area contributed by atoms with Crippen LogP contribution < -0.4 is 0 Å². The molecule has 0 N–H and O–H groups in total. The third-order valence-corrected chi connectivity index (χ3v) is 3.90. The van der Waals surface area contributed by atoms with E-state index < -0.39 is 0 Å². The summed E-state index contributed by atoms with van der Waals surface area (Å²) in [6.07, 6.45) is 5.61. The van der Waals surface area contributed by atoms with Gasteiger partial charge in [0.15, 0.2) is 0 Å². The summed E-state index contributed by atoms with van der Waals surface area (Å²) in [5.74, 6) is 0. The number of hydrogen-bond donors (Lipinski definition) is 0. The number of likely N-dealkylation sites (tertiary alicyclic amines) is 1. The first-order valence-corrected chi connectivity index (χ1v) is 6.33. The van der Waals surface area contributed by atoms with Crippen molar-refractivity contribution in [1.82, 2.24) is 9.80 Å². The van der Waals surface area contributed by atoms with E-state index in [4.69, 9.17) is 0 Å². The lowest BCUT2D eigenvalue weighted by Crippen LogP contribution is -2.53. The average molecular weight is 196 g/mol. The second-order valence-electron chi connectivity index (χ2n) is 4.83. The van der Waals surface area contributed by atoms with Crippen LogP contribution in [0.5, 0.6) is 0 Å². The zero-order valence-electron chi connectivity index (χ0n) is 9.71. The van der Waals surface area contributed by atoms with E-state index in [2.05, 4.69) is 23.6 Å². The van der Waals surface area contributed by atoms with Crippen LogP contribution in [0.2, 0.25) is 0 Å². The number of fused-ring (bicyclic) bond motifs is 2. The molecule has 82 valence electrons. The van der Waals surface area contributed by atoms with Gasteiger partial charge in [0.2, 0.25) is 0 Å². The molecule has 2 aliphatic rings. The highest BCUT2D eigenvalue weighted by atomic mass is 15.3. The van der Waals surface area contributed by atoms with Gasteiger partial charge in [-0.05, 0) is 32.4 Å². The van der Waals surface area contributed by atoms with Gasteiger partial charge in [-0.15, -0.1) is 0 Å². The SMILES string of the molecule is CCCCN1C[C@H]2CC[C@@H](C1)N2CC. The predicted octanol–water partition coefficient (Wildman–Crippen LogP) is 1.96. The number of unbranched alkanes of at least 4 members (excludes halogenated alkanes) is 1. The van der Waals surface area contributed by atoms with E-state index in [1.165, 1.54) is 51.9 Å². The van der Waals surface area contributed by atoms with E-state index in [-0.39, 0.29) is 0 Å². The minimum absolute atomic E-state index is 0.885. The lowest BCUT2D eigenvalue weighted by atomic mass is 10.2. The highest BCUT2D eigenvalue weighted by Crippen LogP contribution is 2.29. The third kappa shape index (κ3) is 1.96. The monoisotopic (exact) mass is 196 g/mol. The Labute approximate surface area is 88.3 Å². The molecule has 14 heavy (non-hydrogen) atoms. The van der Waals surface area contributed by atoms with Crippen molar-refractivity contribution in [2.45, 2.75) is 51.6 Å². The predicted molar refractivity (Wildman–Crippen MR) is 60.5 cm³/mol. The zero-order chi connectivity index (χ0) is 9.97. The van der Waals surface area contributed by atoms with Crippen molar-refractivity contribution in [3.05, 3.63) is 0 Å². The Hall–Kier alpha value is -0.0800. The Morgan fingerprint density at radius 2 is 1.71 bits per heavy atom. The second-order valence-corrected chi connectivity index (χ2v) is 4.83. The summed E-state index contributed by atoms with van der Waals surface area (Å²) >= 11 is 0. The van der Waals surface area contributed by atoms with Gasteiger partial charge in [0, 0.05) is 25.2 Å². The molecule has 0 aromatic rings. The molecule has 2 bridgehead atoms. The van der Waals surface area contributed by atoms with Crippen molar-refractivity contribution in [2.24, 2.45) is 0 Å². The van der Waals surface area contributed by atoms with Crippen molar-refractivity contribution < 1.29 is 0 Å². The standard InChI is InChI=1S/C12H24N2/c1-3-5-8-13-9-11-6-7-12(10-13)14(11)4-2/h11-12H,3-10H2,1-2H3/t11-,12+. The Bertz CT molecular complexity index is 167. The van der Waals surface area contributed by atoms with Crippen LogP contribution in [0.4, 0.5) is 0 Å². The molecule has 0 saturated carbocycles. The van der Waals surface area contributed by atoms with E-state index in [1.54, 1.807) is 0 Å². The largest absolute Gasteiger partial charge is 0.300 e. The van der Waals surface area contributed by atoms with E-state index in [1.807, 2.05) is 0 Å². The maximum atomic E-state index is 2.72. The first-order chi connectivity index (χ1) is 6.85. The van der Waals surface area contributed by atoms with Crippen LogP contribution in [0.3, 0.4) is 0 Å². The average Bonchev–Trinajstić information content (AvgIpc) is 2.45. The molecule has 0 aliphatic carbocycles. The Balaban J connectivity index is 1.86. The third-order valence-electron chi connectivity index (χ3n) is 3.90. The van der Waals surface area contributed by atoms with Crippen molar-refractivity contribution in [3.8, 4) is 0 Å². The van der Waals surface area contributed by atoms with Crippen molar-refractivity contribution >= 4 is 0 Å². The summed E-state index contributed by atoms with van der Waals surface area (Å²) < 4.78 is 0. The fourth-order valence-corrected chi connectivity index (χ4v) is 3.16. The van der Waals surface area contributed by atoms with Gasteiger partial charge >= 0.3 is 0 Å². The van der Waals surface area contributed by atoms with Crippen LogP contribution in [0.25, 0.3) is 0 Å².